The number of imidazole rings is 1. The normalized spacial score (nSPS) is 18.0. The fourth-order valence-corrected chi connectivity index (χ4v) is 3.91. The van der Waals surface area contributed by atoms with Gasteiger partial charge in [-0.25, -0.2) is 9.13 Å². The van der Waals surface area contributed by atoms with Crippen molar-refractivity contribution in [2.45, 2.75) is 31.4 Å². The molecule has 2 aromatic carbocycles. The lowest BCUT2D eigenvalue weighted by atomic mass is 9.72. The summed E-state index contributed by atoms with van der Waals surface area (Å²) in [6, 6.07) is 20.0. The average Bonchev–Trinajstić information content (AvgIpc) is 3.18. The quantitative estimate of drug-likeness (QED) is 0.432. The fraction of sp³-hybridized carbons (Fsp3) is 0.273. The molecule has 140 valence electrons. The van der Waals surface area contributed by atoms with Gasteiger partial charge in [-0.15, -0.1) is 0 Å². The predicted octanol–water partition coefficient (Wildman–Crippen LogP) is -0.0732. The molecule has 2 heterocycles. The molecule has 4 nitrogen and oxygen atoms in total. The van der Waals surface area contributed by atoms with Crippen molar-refractivity contribution in [3.63, 3.8) is 0 Å². The van der Waals surface area contributed by atoms with Crippen molar-refractivity contribution in [2.75, 3.05) is 0 Å². The van der Waals surface area contributed by atoms with Crippen LogP contribution in [-0.4, -0.2) is 16.6 Å². The number of hydrogen-bond acceptors (Lipinski definition) is 2. The van der Waals surface area contributed by atoms with Gasteiger partial charge >= 0.3 is 5.97 Å². The summed E-state index contributed by atoms with van der Waals surface area (Å²) in [7, 11) is 2.02. The zero-order valence-electron chi connectivity index (χ0n) is 15.5. The average molecular weight is 427 g/mol. The first-order valence-corrected chi connectivity index (χ1v) is 8.95. The molecule has 1 saturated heterocycles. The summed E-state index contributed by atoms with van der Waals surface area (Å²) in [6.07, 6.45) is 4.54. The molecule has 0 aliphatic carbocycles. The standard InChI is InChI=1S/C22H23N2O2.BrH/c1-17-23(2)13-14-24(17)16-20-15-22(21(25)26-20,18-9-5-3-6-10-18)19-11-7-4-8-12-19;/h3-14,20H,15-16H2,1-2H3;1H/q+1;/p-1. The molecule has 4 rings (SSSR count). The van der Waals surface area contributed by atoms with E-state index in [1.54, 1.807) is 0 Å². The molecule has 0 amide bonds. The summed E-state index contributed by atoms with van der Waals surface area (Å²) < 4.78 is 10.1. The lowest BCUT2D eigenvalue weighted by Crippen LogP contribution is -3.00. The molecule has 5 heteroatoms. The van der Waals surface area contributed by atoms with E-state index in [0.29, 0.717) is 13.0 Å². The number of rotatable bonds is 4. The molecular formula is C22H23BrN2O2. The second-order valence-electron chi connectivity index (χ2n) is 6.98. The summed E-state index contributed by atoms with van der Waals surface area (Å²) >= 11 is 0. The summed E-state index contributed by atoms with van der Waals surface area (Å²) in [4.78, 5) is 13.2. The minimum Gasteiger partial charge on any atom is -1.00 e. The third kappa shape index (κ3) is 3.32. The van der Waals surface area contributed by atoms with Gasteiger partial charge in [0.2, 0.25) is 0 Å². The predicted molar refractivity (Wildman–Crippen MR) is 98.5 cm³/mol. The van der Waals surface area contributed by atoms with Crippen LogP contribution in [0.4, 0.5) is 0 Å². The van der Waals surface area contributed by atoms with Gasteiger partial charge in [-0.05, 0) is 11.1 Å². The van der Waals surface area contributed by atoms with Crippen molar-refractivity contribution in [1.82, 2.24) is 4.57 Å². The lowest BCUT2D eigenvalue weighted by molar-refractivity contribution is -0.677. The highest BCUT2D eigenvalue weighted by atomic mass is 79.9. The zero-order chi connectivity index (χ0) is 18.1. The van der Waals surface area contributed by atoms with Crippen molar-refractivity contribution >= 4 is 5.97 Å². The Kier molecular flexibility index (Phi) is 5.51. The first kappa shape index (κ1) is 19.4. The number of benzene rings is 2. The fourth-order valence-electron chi connectivity index (χ4n) is 3.91. The van der Waals surface area contributed by atoms with Crippen molar-refractivity contribution in [3.8, 4) is 0 Å². The highest BCUT2D eigenvalue weighted by Gasteiger charge is 2.52. The first-order chi connectivity index (χ1) is 12.6. The van der Waals surface area contributed by atoms with E-state index in [2.05, 4.69) is 16.1 Å². The highest BCUT2D eigenvalue weighted by Crippen LogP contribution is 2.43. The Morgan fingerprint density at radius 1 is 1.07 bits per heavy atom. The summed E-state index contributed by atoms with van der Waals surface area (Å²) in [5.74, 6) is 0.979. The monoisotopic (exact) mass is 426 g/mol. The maximum absolute atomic E-state index is 13.2. The Morgan fingerprint density at radius 2 is 1.63 bits per heavy atom. The van der Waals surface area contributed by atoms with E-state index in [4.69, 9.17) is 4.74 Å². The number of esters is 1. The number of carbonyl (C=O) groups excluding carboxylic acids is 1. The van der Waals surface area contributed by atoms with Crippen LogP contribution in [0.1, 0.15) is 23.4 Å². The van der Waals surface area contributed by atoms with E-state index in [0.717, 1.165) is 17.0 Å². The summed E-state index contributed by atoms with van der Waals surface area (Å²) in [6.45, 7) is 2.73. The van der Waals surface area contributed by atoms with Crippen LogP contribution in [0, 0.1) is 6.92 Å². The third-order valence-corrected chi connectivity index (χ3v) is 5.49. The van der Waals surface area contributed by atoms with Crippen LogP contribution in [0.3, 0.4) is 0 Å². The molecule has 0 N–H and O–H groups in total. The van der Waals surface area contributed by atoms with Gasteiger partial charge in [-0.3, -0.25) is 4.79 Å². The number of cyclic esters (lactones) is 1. The number of aryl methyl sites for hydroxylation is 1. The Morgan fingerprint density at radius 3 is 2.11 bits per heavy atom. The van der Waals surface area contributed by atoms with Gasteiger partial charge in [0.25, 0.3) is 5.82 Å². The van der Waals surface area contributed by atoms with Gasteiger partial charge < -0.3 is 21.7 Å². The van der Waals surface area contributed by atoms with Crippen LogP contribution in [0.25, 0.3) is 0 Å². The topological polar surface area (TPSA) is 35.1 Å². The van der Waals surface area contributed by atoms with E-state index >= 15 is 0 Å². The Labute approximate surface area is 170 Å². The minimum absolute atomic E-state index is 0. The van der Waals surface area contributed by atoms with Crippen molar-refractivity contribution in [2.24, 2.45) is 7.05 Å². The molecule has 0 radical (unpaired) electrons. The van der Waals surface area contributed by atoms with E-state index in [1.165, 1.54) is 0 Å². The molecule has 1 aliphatic heterocycles. The first-order valence-electron chi connectivity index (χ1n) is 8.95. The van der Waals surface area contributed by atoms with Crippen LogP contribution < -0.4 is 21.5 Å². The number of aromatic nitrogens is 2. The second-order valence-corrected chi connectivity index (χ2v) is 6.98. The molecular weight excluding hydrogens is 404 g/mol. The molecule has 1 atom stereocenters. The highest BCUT2D eigenvalue weighted by molar-refractivity contribution is 5.89. The van der Waals surface area contributed by atoms with E-state index < -0.39 is 5.41 Å². The van der Waals surface area contributed by atoms with Gasteiger partial charge in [0.05, 0.1) is 7.05 Å². The summed E-state index contributed by atoms with van der Waals surface area (Å²) in [5, 5.41) is 0. The number of halogens is 1. The minimum atomic E-state index is -0.740. The molecule has 3 aromatic rings. The van der Waals surface area contributed by atoms with Crippen molar-refractivity contribution in [3.05, 3.63) is 90.0 Å². The van der Waals surface area contributed by atoms with Gasteiger partial charge in [0.15, 0.2) is 0 Å². The molecule has 1 unspecified atom stereocenters. The Bertz CT molecular complexity index is 883. The van der Waals surface area contributed by atoms with Crippen molar-refractivity contribution in [1.29, 1.82) is 0 Å². The van der Waals surface area contributed by atoms with Crippen LogP contribution in [-0.2, 0) is 28.5 Å². The molecule has 1 aromatic heterocycles. The number of carbonyl (C=O) groups is 1. The maximum Gasteiger partial charge on any atom is 0.321 e. The molecule has 1 aliphatic rings. The third-order valence-electron chi connectivity index (χ3n) is 5.49. The van der Waals surface area contributed by atoms with E-state index in [9.17, 15) is 4.79 Å². The number of hydrogen-bond donors (Lipinski definition) is 0. The number of nitrogens with zero attached hydrogens (tertiary/aromatic N) is 2. The van der Waals surface area contributed by atoms with Crippen molar-refractivity contribution < 1.29 is 31.1 Å². The summed E-state index contributed by atoms with van der Waals surface area (Å²) in [5.41, 5.74) is 1.25. The van der Waals surface area contributed by atoms with Gasteiger partial charge in [0.1, 0.15) is 30.5 Å². The lowest BCUT2D eigenvalue weighted by Gasteiger charge is -2.26. The smallest absolute Gasteiger partial charge is 0.321 e. The van der Waals surface area contributed by atoms with Crippen LogP contribution in [0.5, 0.6) is 0 Å². The van der Waals surface area contributed by atoms with Crippen LogP contribution in [0.15, 0.2) is 73.1 Å². The number of ether oxygens (including phenoxy) is 1. The van der Waals surface area contributed by atoms with Gasteiger partial charge in [0, 0.05) is 13.3 Å². The molecule has 0 bridgehead atoms. The Balaban J connectivity index is 0.00000210. The second kappa shape index (κ2) is 7.69. The largest absolute Gasteiger partial charge is 1.00 e. The van der Waals surface area contributed by atoms with Crippen LogP contribution >= 0.6 is 0 Å². The van der Waals surface area contributed by atoms with Gasteiger partial charge in [-0.2, -0.15) is 0 Å². The Hall–Kier alpha value is -2.40. The SMILES string of the molecule is Cc1n(CC2CC(c3ccccc3)(c3ccccc3)C(=O)O2)cc[n+]1C.[Br-]. The van der Waals surface area contributed by atoms with E-state index in [1.807, 2.05) is 80.1 Å². The zero-order valence-corrected chi connectivity index (χ0v) is 17.1. The maximum atomic E-state index is 13.2. The molecule has 27 heavy (non-hydrogen) atoms. The van der Waals surface area contributed by atoms with Gasteiger partial charge in [-0.1, -0.05) is 60.7 Å². The molecule has 1 fully saturated rings. The molecule has 0 saturated carbocycles. The molecule has 0 spiro atoms. The van der Waals surface area contributed by atoms with Crippen LogP contribution in [0.2, 0.25) is 0 Å². The van der Waals surface area contributed by atoms with E-state index in [-0.39, 0.29) is 29.1 Å².